The molecule has 0 saturated heterocycles. The summed E-state index contributed by atoms with van der Waals surface area (Å²) in [6, 6.07) is 15.9. The summed E-state index contributed by atoms with van der Waals surface area (Å²) in [6.45, 7) is 3.27. The second-order valence-corrected chi connectivity index (χ2v) is 7.78. The maximum atomic E-state index is 13.4. The van der Waals surface area contributed by atoms with Crippen LogP contribution in [-0.2, 0) is 4.79 Å². The van der Waals surface area contributed by atoms with E-state index in [0.717, 1.165) is 11.1 Å². The van der Waals surface area contributed by atoms with Gasteiger partial charge in [-0.05, 0) is 67.4 Å². The van der Waals surface area contributed by atoms with Crippen molar-refractivity contribution in [2.75, 3.05) is 11.9 Å². The smallest absolute Gasteiger partial charge is 0.262 e. The molecule has 4 rings (SSSR count). The normalized spacial score (nSPS) is 10.9. The Morgan fingerprint density at radius 2 is 1.81 bits per heavy atom. The van der Waals surface area contributed by atoms with E-state index in [1.165, 1.54) is 24.3 Å². The summed E-state index contributed by atoms with van der Waals surface area (Å²) in [7, 11) is 0. The number of benzene rings is 3. The quantitative estimate of drug-likeness (QED) is 0.411. The first-order valence-electron chi connectivity index (χ1n) is 9.84. The van der Waals surface area contributed by atoms with Crippen LogP contribution in [0.3, 0.4) is 0 Å². The van der Waals surface area contributed by atoms with E-state index in [1.807, 2.05) is 19.9 Å². The molecule has 1 aromatic heterocycles. The highest BCUT2D eigenvalue weighted by atomic mass is 35.5. The van der Waals surface area contributed by atoms with Crippen molar-refractivity contribution >= 4 is 34.2 Å². The van der Waals surface area contributed by atoms with Crippen molar-refractivity contribution < 1.29 is 18.3 Å². The number of carbonyl (C=O) groups is 1. The number of rotatable bonds is 5. The van der Waals surface area contributed by atoms with Crippen LogP contribution < -0.4 is 15.5 Å². The number of aryl methyl sites for hydroxylation is 2. The molecule has 32 heavy (non-hydrogen) atoms. The number of nitrogens with one attached hydrogen (secondary N) is 1. The molecule has 1 N–H and O–H groups in total. The minimum Gasteiger partial charge on any atom is -0.476 e. The molecule has 5 nitrogen and oxygen atoms in total. The van der Waals surface area contributed by atoms with E-state index >= 15 is 0 Å². The fourth-order valence-corrected chi connectivity index (χ4v) is 3.72. The number of halogens is 2. The van der Waals surface area contributed by atoms with Gasteiger partial charge in [-0.2, -0.15) is 0 Å². The zero-order valence-electron chi connectivity index (χ0n) is 17.4. The average molecular weight is 452 g/mol. The van der Waals surface area contributed by atoms with Gasteiger partial charge in [-0.25, -0.2) is 4.39 Å². The number of carbonyl (C=O) groups excluding carboxylic acids is 1. The van der Waals surface area contributed by atoms with Crippen molar-refractivity contribution in [3.8, 4) is 17.1 Å². The molecule has 0 spiro atoms. The van der Waals surface area contributed by atoms with E-state index in [1.54, 1.807) is 30.3 Å². The second kappa shape index (κ2) is 8.85. The summed E-state index contributed by atoms with van der Waals surface area (Å²) >= 11 is 6.35. The number of anilines is 1. The van der Waals surface area contributed by atoms with Gasteiger partial charge in [-0.3, -0.25) is 9.59 Å². The molecule has 162 valence electrons. The molecule has 0 saturated carbocycles. The van der Waals surface area contributed by atoms with Crippen LogP contribution in [0.4, 0.5) is 10.1 Å². The van der Waals surface area contributed by atoms with Crippen molar-refractivity contribution in [1.29, 1.82) is 0 Å². The summed E-state index contributed by atoms with van der Waals surface area (Å²) in [4.78, 5) is 25.8. The number of hydrogen-bond acceptors (Lipinski definition) is 4. The van der Waals surface area contributed by atoms with Crippen molar-refractivity contribution in [2.45, 2.75) is 13.8 Å². The van der Waals surface area contributed by atoms with Gasteiger partial charge in [0.25, 0.3) is 5.91 Å². The average Bonchev–Trinajstić information content (AvgIpc) is 2.74. The lowest BCUT2D eigenvalue weighted by molar-refractivity contribution is -0.118. The van der Waals surface area contributed by atoms with E-state index in [0.29, 0.717) is 27.2 Å². The molecule has 3 aromatic carbocycles. The third-order valence-electron chi connectivity index (χ3n) is 4.89. The summed E-state index contributed by atoms with van der Waals surface area (Å²) in [5.74, 6) is -0.885. The first kappa shape index (κ1) is 21.6. The van der Waals surface area contributed by atoms with Gasteiger partial charge < -0.3 is 14.5 Å². The first-order valence-corrected chi connectivity index (χ1v) is 10.2. The van der Waals surface area contributed by atoms with Crippen molar-refractivity contribution in [2.24, 2.45) is 0 Å². The topological polar surface area (TPSA) is 68.5 Å². The minimum atomic E-state index is -0.512. The first-order chi connectivity index (χ1) is 15.3. The Morgan fingerprint density at radius 3 is 2.53 bits per heavy atom. The van der Waals surface area contributed by atoms with Gasteiger partial charge in [-0.1, -0.05) is 29.8 Å². The van der Waals surface area contributed by atoms with Crippen LogP contribution in [0, 0.1) is 19.7 Å². The maximum absolute atomic E-state index is 13.4. The van der Waals surface area contributed by atoms with E-state index in [4.69, 9.17) is 20.8 Å². The van der Waals surface area contributed by atoms with E-state index in [-0.39, 0.29) is 11.5 Å². The van der Waals surface area contributed by atoms with Gasteiger partial charge in [0, 0.05) is 11.3 Å². The lowest BCUT2D eigenvalue weighted by Gasteiger charge is -2.14. The third kappa shape index (κ3) is 4.36. The van der Waals surface area contributed by atoms with Crippen molar-refractivity contribution in [1.82, 2.24) is 0 Å². The van der Waals surface area contributed by atoms with Crippen LogP contribution in [-0.4, -0.2) is 12.5 Å². The SMILES string of the molecule is Cc1cc(C)c2c(=O)c(OCC(=O)Nc3ccc(F)cc3)c(-c3ccccc3Cl)oc2c1. The second-order valence-electron chi connectivity index (χ2n) is 7.37. The lowest BCUT2D eigenvalue weighted by Crippen LogP contribution is -2.22. The fourth-order valence-electron chi connectivity index (χ4n) is 3.49. The number of hydrogen-bond donors (Lipinski definition) is 1. The van der Waals surface area contributed by atoms with Crippen LogP contribution in [0.5, 0.6) is 5.75 Å². The van der Waals surface area contributed by atoms with Crippen LogP contribution in [0.15, 0.2) is 69.9 Å². The maximum Gasteiger partial charge on any atom is 0.262 e. The van der Waals surface area contributed by atoms with Crippen LogP contribution >= 0.6 is 11.6 Å². The third-order valence-corrected chi connectivity index (χ3v) is 5.22. The molecule has 0 aliphatic carbocycles. The molecule has 0 bridgehead atoms. The lowest BCUT2D eigenvalue weighted by atomic mass is 10.0. The van der Waals surface area contributed by atoms with E-state index in [2.05, 4.69) is 5.32 Å². The Kier molecular flexibility index (Phi) is 5.97. The molecule has 0 fully saturated rings. The molecule has 0 unspecified atom stereocenters. The molecular formula is C25H19ClFNO4. The zero-order valence-corrected chi connectivity index (χ0v) is 18.1. The van der Waals surface area contributed by atoms with Crippen LogP contribution in [0.2, 0.25) is 5.02 Å². The minimum absolute atomic E-state index is 0.105. The molecule has 0 radical (unpaired) electrons. The predicted octanol–water partition coefficient (Wildman–Crippen LogP) is 5.89. The Bertz CT molecular complexity index is 1380. The Hall–Kier alpha value is -3.64. The number of fused-ring (bicyclic) bond motifs is 1. The van der Waals surface area contributed by atoms with Gasteiger partial charge in [0.2, 0.25) is 11.2 Å². The van der Waals surface area contributed by atoms with Gasteiger partial charge >= 0.3 is 0 Å². The largest absolute Gasteiger partial charge is 0.476 e. The molecule has 0 atom stereocenters. The zero-order chi connectivity index (χ0) is 22.8. The summed E-state index contributed by atoms with van der Waals surface area (Å²) in [6.07, 6.45) is 0. The molecule has 0 aliphatic rings. The number of amides is 1. The number of ether oxygens (including phenoxy) is 1. The highest BCUT2D eigenvalue weighted by Crippen LogP contribution is 2.36. The van der Waals surface area contributed by atoms with E-state index < -0.39 is 23.8 Å². The predicted molar refractivity (Wildman–Crippen MR) is 123 cm³/mol. The van der Waals surface area contributed by atoms with Crippen LogP contribution in [0.25, 0.3) is 22.3 Å². The Labute approximate surface area is 188 Å². The fraction of sp³-hybridized carbons (Fsp3) is 0.120. The van der Waals surface area contributed by atoms with Gasteiger partial charge in [-0.15, -0.1) is 0 Å². The van der Waals surface area contributed by atoms with Gasteiger partial charge in [0.05, 0.1) is 10.4 Å². The van der Waals surface area contributed by atoms with Gasteiger partial charge in [0.15, 0.2) is 12.4 Å². The Balaban J connectivity index is 1.75. The van der Waals surface area contributed by atoms with E-state index in [9.17, 15) is 14.0 Å². The highest BCUT2D eigenvalue weighted by molar-refractivity contribution is 6.33. The van der Waals surface area contributed by atoms with Crippen molar-refractivity contribution in [3.05, 3.63) is 92.9 Å². The molecular weight excluding hydrogens is 433 g/mol. The standard InChI is InChI=1S/C25H19ClFNO4/c1-14-11-15(2)22-20(12-14)32-24(18-5-3-4-6-19(18)26)25(23(22)30)31-13-21(29)28-17-9-7-16(27)8-10-17/h3-12H,13H2,1-2H3,(H,28,29). The Morgan fingerprint density at radius 1 is 1.09 bits per heavy atom. The molecule has 4 aromatic rings. The molecule has 1 amide bonds. The molecule has 7 heteroatoms. The highest BCUT2D eigenvalue weighted by Gasteiger charge is 2.21. The van der Waals surface area contributed by atoms with Gasteiger partial charge in [0.1, 0.15) is 11.4 Å². The summed E-state index contributed by atoms with van der Waals surface area (Å²) in [5, 5.41) is 3.35. The monoisotopic (exact) mass is 451 g/mol. The summed E-state index contributed by atoms with van der Waals surface area (Å²) < 4.78 is 24.8. The molecule has 1 heterocycles. The van der Waals surface area contributed by atoms with Crippen LogP contribution in [0.1, 0.15) is 11.1 Å². The summed E-state index contributed by atoms with van der Waals surface area (Å²) in [5.41, 5.74) is 2.57. The molecule has 0 aliphatic heterocycles. The van der Waals surface area contributed by atoms with Crippen molar-refractivity contribution in [3.63, 3.8) is 0 Å².